The fourth-order valence-corrected chi connectivity index (χ4v) is 2.62. The largest absolute Gasteiger partial charge is 0.420 e. The van der Waals surface area contributed by atoms with Gasteiger partial charge in [0.05, 0.1) is 11.5 Å². The number of ether oxygens (including phenoxy) is 1. The van der Waals surface area contributed by atoms with Gasteiger partial charge in [0.2, 0.25) is 11.8 Å². The highest BCUT2D eigenvalue weighted by molar-refractivity contribution is 5.55. The quantitative estimate of drug-likeness (QED) is 0.892. The number of aryl methyl sites for hydroxylation is 1. The Morgan fingerprint density at radius 3 is 2.86 bits per heavy atom. The predicted molar refractivity (Wildman–Crippen MR) is 73.6 cm³/mol. The van der Waals surface area contributed by atoms with E-state index in [4.69, 9.17) is 10.5 Å². The lowest BCUT2D eigenvalue weighted by Crippen LogP contribution is -2.22. The lowest BCUT2D eigenvalue weighted by atomic mass is 9.83. The Kier molecular flexibility index (Phi) is 3.29. The Morgan fingerprint density at radius 1 is 1.45 bits per heavy atom. The van der Waals surface area contributed by atoms with Gasteiger partial charge in [0.15, 0.2) is 0 Å². The summed E-state index contributed by atoms with van der Waals surface area (Å²) < 4.78 is 32.7. The van der Waals surface area contributed by atoms with Crippen LogP contribution >= 0.6 is 0 Å². The molecular formula is C15H12F2N4O. The molecule has 5 nitrogen and oxygen atoms in total. The van der Waals surface area contributed by atoms with Crippen LogP contribution in [0.2, 0.25) is 0 Å². The van der Waals surface area contributed by atoms with Gasteiger partial charge in [0.1, 0.15) is 23.3 Å². The minimum atomic E-state index is -0.775. The number of nitriles is 1. The number of halogens is 2. The van der Waals surface area contributed by atoms with Gasteiger partial charge in [-0.05, 0) is 12.5 Å². The number of aromatic amines is 1. The Balaban J connectivity index is 2.27. The van der Waals surface area contributed by atoms with E-state index in [0.717, 1.165) is 12.1 Å². The zero-order chi connectivity index (χ0) is 15.9. The number of allylic oxidation sites excluding steroid dienone is 1. The summed E-state index contributed by atoms with van der Waals surface area (Å²) in [6.45, 7) is 1.89. The van der Waals surface area contributed by atoms with Gasteiger partial charge >= 0.3 is 0 Å². The fourth-order valence-electron chi connectivity index (χ4n) is 2.62. The molecule has 0 fully saturated rings. The molecule has 1 aromatic heterocycles. The number of benzene rings is 1. The Labute approximate surface area is 125 Å². The minimum Gasteiger partial charge on any atom is -0.420 e. The van der Waals surface area contributed by atoms with E-state index in [0.29, 0.717) is 17.7 Å². The first kappa shape index (κ1) is 14.1. The molecular weight excluding hydrogens is 290 g/mol. The molecule has 22 heavy (non-hydrogen) atoms. The van der Waals surface area contributed by atoms with Crippen molar-refractivity contribution in [3.63, 3.8) is 0 Å². The van der Waals surface area contributed by atoms with Gasteiger partial charge in [-0.15, -0.1) is 5.10 Å². The third-order valence-corrected chi connectivity index (χ3v) is 3.64. The van der Waals surface area contributed by atoms with E-state index in [1.165, 1.54) is 6.07 Å². The molecule has 0 amide bonds. The number of rotatable bonds is 2. The molecule has 1 aromatic carbocycles. The molecule has 1 aliphatic heterocycles. The van der Waals surface area contributed by atoms with E-state index in [1.807, 2.05) is 13.0 Å². The van der Waals surface area contributed by atoms with Gasteiger partial charge in [-0.2, -0.15) is 5.26 Å². The number of fused-ring (bicyclic) bond motifs is 1. The van der Waals surface area contributed by atoms with Crippen LogP contribution in [0.15, 0.2) is 29.7 Å². The van der Waals surface area contributed by atoms with E-state index in [-0.39, 0.29) is 22.9 Å². The highest BCUT2D eigenvalue weighted by Gasteiger charge is 2.36. The predicted octanol–water partition coefficient (Wildman–Crippen LogP) is 2.47. The van der Waals surface area contributed by atoms with Crippen molar-refractivity contribution in [1.29, 1.82) is 5.26 Å². The van der Waals surface area contributed by atoms with Crippen molar-refractivity contribution in [2.45, 2.75) is 19.3 Å². The summed E-state index contributed by atoms with van der Waals surface area (Å²) in [6.07, 6.45) is 0.587. The normalized spacial score (nSPS) is 16.9. The molecule has 0 aliphatic carbocycles. The number of hydrogen-bond donors (Lipinski definition) is 2. The number of aromatic nitrogens is 2. The molecule has 0 unspecified atom stereocenters. The van der Waals surface area contributed by atoms with Crippen LogP contribution in [-0.4, -0.2) is 10.2 Å². The lowest BCUT2D eigenvalue weighted by Gasteiger charge is -2.24. The minimum absolute atomic E-state index is 0.0779. The fraction of sp³-hybridized carbons (Fsp3) is 0.200. The number of H-pyrrole nitrogens is 1. The average molecular weight is 302 g/mol. The summed E-state index contributed by atoms with van der Waals surface area (Å²) >= 11 is 0. The maximum absolute atomic E-state index is 14.2. The van der Waals surface area contributed by atoms with Crippen molar-refractivity contribution >= 4 is 0 Å². The van der Waals surface area contributed by atoms with Gasteiger partial charge in [-0.1, -0.05) is 13.0 Å². The second-order valence-corrected chi connectivity index (χ2v) is 4.87. The maximum atomic E-state index is 14.2. The molecule has 0 bridgehead atoms. The van der Waals surface area contributed by atoms with Crippen LogP contribution in [0, 0.1) is 23.0 Å². The number of nitrogens with two attached hydrogens (primary N) is 1. The number of nitrogens with zero attached hydrogens (tertiary/aromatic N) is 2. The van der Waals surface area contributed by atoms with Gasteiger partial charge in [-0.3, -0.25) is 5.10 Å². The summed E-state index contributed by atoms with van der Waals surface area (Å²) in [5, 5.41) is 16.2. The molecule has 0 saturated carbocycles. The van der Waals surface area contributed by atoms with E-state index in [2.05, 4.69) is 10.2 Å². The second kappa shape index (κ2) is 5.15. The smallest absolute Gasteiger partial charge is 0.244 e. The first-order valence-electron chi connectivity index (χ1n) is 6.66. The topological polar surface area (TPSA) is 87.7 Å². The van der Waals surface area contributed by atoms with Crippen molar-refractivity contribution in [3.8, 4) is 11.9 Å². The summed E-state index contributed by atoms with van der Waals surface area (Å²) in [4.78, 5) is 0. The molecule has 7 heteroatoms. The zero-order valence-electron chi connectivity index (χ0n) is 11.7. The molecule has 0 saturated heterocycles. The summed E-state index contributed by atoms with van der Waals surface area (Å²) in [6, 6.07) is 5.18. The first-order chi connectivity index (χ1) is 10.6. The molecule has 0 spiro atoms. The van der Waals surface area contributed by atoms with Crippen LogP contribution in [0.1, 0.15) is 29.7 Å². The first-order valence-corrected chi connectivity index (χ1v) is 6.66. The van der Waals surface area contributed by atoms with Crippen LogP contribution in [0.25, 0.3) is 0 Å². The van der Waals surface area contributed by atoms with Crippen molar-refractivity contribution < 1.29 is 13.5 Å². The molecule has 2 heterocycles. The Hall–Kier alpha value is -2.88. The molecule has 2 aromatic rings. The SMILES string of the molecule is CCc1[nH]nc2c1[C@@H](c1ccc(F)cc1F)C(C#N)=C(N)O2. The number of hydrogen-bond acceptors (Lipinski definition) is 4. The molecule has 112 valence electrons. The Bertz CT molecular complexity index is 819. The second-order valence-electron chi connectivity index (χ2n) is 4.87. The molecule has 1 aliphatic rings. The summed E-state index contributed by atoms with van der Waals surface area (Å²) in [7, 11) is 0. The van der Waals surface area contributed by atoms with Crippen molar-refractivity contribution in [2.75, 3.05) is 0 Å². The van der Waals surface area contributed by atoms with Crippen LogP contribution in [0.4, 0.5) is 8.78 Å². The van der Waals surface area contributed by atoms with Gasteiger partial charge < -0.3 is 10.5 Å². The van der Waals surface area contributed by atoms with Crippen LogP contribution < -0.4 is 10.5 Å². The van der Waals surface area contributed by atoms with Crippen molar-refractivity contribution in [1.82, 2.24) is 10.2 Å². The van der Waals surface area contributed by atoms with Gasteiger partial charge in [0.25, 0.3) is 0 Å². The highest BCUT2D eigenvalue weighted by atomic mass is 19.1. The zero-order valence-corrected chi connectivity index (χ0v) is 11.7. The average Bonchev–Trinajstić information content (AvgIpc) is 2.88. The maximum Gasteiger partial charge on any atom is 0.244 e. The molecule has 1 atom stereocenters. The molecule has 3 N–H and O–H groups in total. The monoisotopic (exact) mass is 302 g/mol. The van der Waals surface area contributed by atoms with Gasteiger partial charge in [0, 0.05) is 17.3 Å². The van der Waals surface area contributed by atoms with E-state index in [9.17, 15) is 14.0 Å². The molecule has 0 radical (unpaired) electrons. The molecule has 3 rings (SSSR count). The number of nitrogens with one attached hydrogen (secondary N) is 1. The van der Waals surface area contributed by atoms with Crippen LogP contribution in [0.5, 0.6) is 5.88 Å². The third kappa shape index (κ3) is 2.00. The van der Waals surface area contributed by atoms with Gasteiger partial charge in [-0.25, -0.2) is 8.78 Å². The standard InChI is InChI=1S/C15H12F2N4O/c1-2-11-13-12(8-4-3-7(16)5-10(8)17)9(6-18)14(19)22-15(13)21-20-11/h3-5,12H,2,19H2,1H3,(H,20,21)/t12-/m0/s1. The van der Waals surface area contributed by atoms with Crippen LogP contribution in [0.3, 0.4) is 0 Å². The van der Waals surface area contributed by atoms with E-state index < -0.39 is 17.6 Å². The Morgan fingerprint density at radius 2 is 2.23 bits per heavy atom. The van der Waals surface area contributed by atoms with Crippen LogP contribution in [-0.2, 0) is 6.42 Å². The highest BCUT2D eigenvalue weighted by Crippen LogP contribution is 2.43. The van der Waals surface area contributed by atoms with Crippen molar-refractivity contribution in [3.05, 3.63) is 58.1 Å². The lowest BCUT2D eigenvalue weighted by molar-refractivity contribution is 0.377. The van der Waals surface area contributed by atoms with E-state index in [1.54, 1.807) is 0 Å². The summed E-state index contributed by atoms with van der Waals surface area (Å²) in [5.41, 5.74) is 7.25. The third-order valence-electron chi connectivity index (χ3n) is 3.64. The van der Waals surface area contributed by atoms with E-state index >= 15 is 0 Å². The summed E-state index contributed by atoms with van der Waals surface area (Å²) in [5.74, 6) is -2.13. The van der Waals surface area contributed by atoms with Crippen molar-refractivity contribution in [2.24, 2.45) is 5.73 Å².